The van der Waals surface area contributed by atoms with Crippen LogP contribution in [-0.2, 0) is 20.9 Å². The number of nitrogens with zero attached hydrogens (tertiary/aromatic N) is 1. The van der Waals surface area contributed by atoms with Crippen LogP contribution in [0.3, 0.4) is 0 Å². The van der Waals surface area contributed by atoms with Crippen molar-refractivity contribution in [2.45, 2.75) is 6.54 Å². The third-order valence-corrected chi connectivity index (χ3v) is 4.42. The largest absolute Gasteiger partial charge is 0.456 e. The summed E-state index contributed by atoms with van der Waals surface area (Å²) in [5.74, 6) is -2.48. The van der Waals surface area contributed by atoms with E-state index in [-0.39, 0.29) is 23.7 Å². The van der Waals surface area contributed by atoms with Gasteiger partial charge in [0.15, 0.2) is 0 Å². The zero-order chi connectivity index (χ0) is 19.7. The number of cyclic esters (lactones) is 1. The Kier molecular flexibility index (Phi) is 4.49. The SMILES string of the molecule is O=C1C=C(NC(=O)C(=O)c2cn(Cc3cccc(F)c3)c3ccccc23)CO1. The molecule has 0 radical (unpaired) electrons. The zero-order valence-corrected chi connectivity index (χ0v) is 14.6. The molecule has 1 aliphatic heterocycles. The molecule has 3 aromatic rings. The van der Waals surface area contributed by atoms with Crippen molar-refractivity contribution in [3.8, 4) is 0 Å². The first kappa shape index (κ1) is 17.7. The Labute approximate surface area is 159 Å². The van der Waals surface area contributed by atoms with Crippen molar-refractivity contribution in [1.29, 1.82) is 0 Å². The average Bonchev–Trinajstić information content (AvgIpc) is 3.25. The van der Waals surface area contributed by atoms with E-state index >= 15 is 0 Å². The number of rotatable bonds is 5. The van der Waals surface area contributed by atoms with Crippen molar-refractivity contribution in [2.75, 3.05) is 6.61 Å². The number of ether oxygens (including phenoxy) is 1. The van der Waals surface area contributed by atoms with Crippen molar-refractivity contribution in [3.63, 3.8) is 0 Å². The zero-order valence-electron chi connectivity index (χ0n) is 14.6. The summed E-state index contributed by atoms with van der Waals surface area (Å²) >= 11 is 0. The summed E-state index contributed by atoms with van der Waals surface area (Å²) < 4.78 is 20.0. The lowest BCUT2D eigenvalue weighted by molar-refractivity contribution is -0.135. The molecule has 0 spiro atoms. The Morgan fingerprint density at radius 2 is 1.96 bits per heavy atom. The number of hydrogen-bond donors (Lipinski definition) is 1. The molecule has 1 amide bonds. The molecule has 4 rings (SSSR count). The van der Waals surface area contributed by atoms with Gasteiger partial charge in [-0.2, -0.15) is 0 Å². The number of fused-ring (bicyclic) bond motifs is 1. The summed E-state index contributed by atoms with van der Waals surface area (Å²) in [4.78, 5) is 36.1. The molecule has 0 aliphatic carbocycles. The van der Waals surface area contributed by atoms with Gasteiger partial charge in [-0.25, -0.2) is 9.18 Å². The van der Waals surface area contributed by atoms with E-state index < -0.39 is 17.7 Å². The van der Waals surface area contributed by atoms with Gasteiger partial charge in [-0.1, -0.05) is 30.3 Å². The van der Waals surface area contributed by atoms with Crippen molar-refractivity contribution < 1.29 is 23.5 Å². The third-order valence-electron chi connectivity index (χ3n) is 4.42. The van der Waals surface area contributed by atoms with Gasteiger partial charge < -0.3 is 14.6 Å². The molecule has 1 aliphatic rings. The van der Waals surface area contributed by atoms with Crippen LogP contribution in [-0.4, -0.2) is 28.8 Å². The van der Waals surface area contributed by atoms with Gasteiger partial charge in [0.25, 0.3) is 11.7 Å². The molecule has 6 nitrogen and oxygen atoms in total. The smallest absolute Gasteiger partial charge is 0.333 e. The number of ketones is 1. The number of amides is 1. The molecule has 0 saturated carbocycles. The maximum atomic E-state index is 13.5. The first-order chi connectivity index (χ1) is 13.5. The van der Waals surface area contributed by atoms with Gasteiger partial charge in [-0.05, 0) is 23.8 Å². The van der Waals surface area contributed by atoms with Crippen LogP contribution < -0.4 is 5.32 Å². The van der Waals surface area contributed by atoms with E-state index in [0.717, 1.165) is 17.2 Å². The summed E-state index contributed by atoms with van der Waals surface area (Å²) in [6.07, 6.45) is 2.72. The Bertz CT molecular complexity index is 1150. The van der Waals surface area contributed by atoms with E-state index in [1.165, 1.54) is 12.1 Å². The van der Waals surface area contributed by atoms with Crippen LogP contribution in [0.4, 0.5) is 4.39 Å². The molecule has 0 unspecified atom stereocenters. The quantitative estimate of drug-likeness (QED) is 0.421. The highest BCUT2D eigenvalue weighted by atomic mass is 19.1. The first-order valence-corrected chi connectivity index (χ1v) is 8.56. The number of Topliss-reactive ketones (excluding diaryl/α,β-unsaturated/α-hetero) is 1. The van der Waals surface area contributed by atoms with Gasteiger partial charge in [-0.3, -0.25) is 9.59 Å². The highest BCUT2D eigenvalue weighted by molar-refractivity contribution is 6.45. The summed E-state index contributed by atoms with van der Waals surface area (Å²) in [6.45, 7) is 0.278. The molecule has 0 saturated heterocycles. The van der Waals surface area contributed by atoms with E-state index in [1.807, 2.05) is 12.1 Å². The fourth-order valence-electron chi connectivity index (χ4n) is 3.16. The monoisotopic (exact) mass is 378 g/mol. The standard InChI is InChI=1S/C21H15FN2O4/c22-14-5-3-4-13(8-14)10-24-11-17(16-6-1-2-7-18(16)24)20(26)21(27)23-15-9-19(25)28-12-15/h1-9,11H,10,12H2,(H,23,27). The second-order valence-corrected chi connectivity index (χ2v) is 6.38. The van der Waals surface area contributed by atoms with Gasteiger partial charge in [-0.15, -0.1) is 0 Å². The lowest BCUT2D eigenvalue weighted by Gasteiger charge is -2.05. The second kappa shape index (κ2) is 7.11. The minimum Gasteiger partial charge on any atom is -0.456 e. The summed E-state index contributed by atoms with van der Waals surface area (Å²) in [7, 11) is 0. The van der Waals surface area contributed by atoms with Gasteiger partial charge in [0, 0.05) is 29.7 Å². The Balaban J connectivity index is 1.65. The van der Waals surface area contributed by atoms with E-state index in [0.29, 0.717) is 11.9 Å². The van der Waals surface area contributed by atoms with Crippen LogP contribution >= 0.6 is 0 Å². The molecule has 1 N–H and O–H groups in total. The summed E-state index contributed by atoms with van der Waals surface area (Å²) in [5.41, 5.74) is 1.96. The van der Waals surface area contributed by atoms with Gasteiger partial charge in [0.05, 0.1) is 11.3 Å². The molecule has 28 heavy (non-hydrogen) atoms. The topological polar surface area (TPSA) is 77.4 Å². The number of hydrogen-bond acceptors (Lipinski definition) is 4. The molecular weight excluding hydrogens is 363 g/mol. The molecule has 0 atom stereocenters. The van der Waals surface area contributed by atoms with Crippen molar-refractivity contribution >= 4 is 28.6 Å². The molecule has 140 valence electrons. The van der Waals surface area contributed by atoms with Gasteiger partial charge in [0.2, 0.25) is 0 Å². The van der Waals surface area contributed by atoms with Crippen molar-refractivity contribution in [1.82, 2.24) is 9.88 Å². The normalized spacial score (nSPS) is 13.3. The molecule has 1 aromatic heterocycles. The van der Waals surface area contributed by atoms with Crippen LogP contribution in [0, 0.1) is 5.82 Å². The van der Waals surface area contributed by atoms with Gasteiger partial charge in [0.1, 0.15) is 12.4 Å². The molecule has 0 bridgehead atoms. The minimum atomic E-state index is -0.849. The van der Waals surface area contributed by atoms with Crippen LogP contribution in [0.5, 0.6) is 0 Å². The highest BCUT2D eigenvalue weighted by Gasteiger charge is 2.24. The summed E-state index contributed by atoms with van der Waals surface area (Å²) in [5, 5.41) is 3.02. The molecule has 7 heteroatoms. The summed E-state index contributed by atoms with van der Waals surface area (Å²) in [6, 6.07) is 13.4. The predicted molar refractivity (Wildman–Crippen MR) is 99.0 cm³/mol. The molecule has 2 aromatic carbocycles. The molecular formula is C21H15FN2O4. The molecule has 0 fully saturated rings. The Morgan fingerprint density at radius 1 is 1.14 bits per heavy atom. The average molecular weight is 378 g/mol. The lowest BCUT2D eigenvalue weighted by Crippen LogP contribution is -2.31. The van der Waals surface area contributed by atoms with E-state index in [2.05, 4.69) is 5.32 Å². The Morgan fingerprint density at radius 3 is 2.71 bits per heavy atom. The van der Waals surface area contributed by atoms with E-state index in [9.17, 15) is 18.8 Å². The number of benzene rings is 2. The third kappa shape index (κ3) is 3.42. The fraction of sp³-hybridized carbons (Fsp3) is 0.0952. The molecule has 2 heterocycles. The van der Waals surface area contributed by atoms with E-state index in [1.54, 1.807) is 35.0 Å². The van der Waals surface area contributed by atoms with Crippen LogP contribution in [0.15, 0.2) is 66.5 Å². The van der Waals surface area contributed by atoms with E-state index in [4.69, 9.17) is 4.74 Å². The number of nitrogens with one attached hydrogen (secondary N) is 1. The van der Waals surface area contributed by atoms with Crippen molar-refractivity contribution in [3.05, 3.63) is 83.4 Å². The second-order valence-electron chi connectivity index (χ2n) is 6.38. The number of halogens is 1. The fourth-order valence-corrected chi connectivity index (χ4v) is 3.16. The highest BCUT2D eigenvalue weighted by Crippen LogP contribution is 2.23. The van der Waals surface area contributed by atoms with Gasteiger partial charge >= 0.3 is 5.97 Å². The van der Waals surface area contributed by atoms with Crippen LogP contribution in [0.2, 0.25) is 0 Å². The maximum absolute atomic E-state index is 13.5. The lowest BCUT2D eigenvalue weighted by atomic mass is 10.1. The Hall–Kier alpha value is -3.74. The van der Waals surface area contributed by atoms with Crippen molar-refractivity contribution in [2.24, 2.45) is 0 Å². The number of esters is 1. The first-order valence-electron chi connectivity index (χ1n) is 8.56. The number of aromatic nitrogens is 1. The number of carbonyl (C=O) groups excluding carboxylic acids is 3. The van der Waals surface area contributed by atoms with Crippen LogP contribution in [0.1, 0.15) is 15.9 Å². The van der Waals surface area contributed by atoms with Crippen LogP contribution in [0.25, 0.3) is 10.9 Å². The minimum absolute atomic E-state index is 0.0703. The number of carbonyl (C=O) groups is 3. The maximum Gasteiger partial charge on any atom is 0.333 e. The predicted octanol–water partition coefficient (Wildman–Crippen LogP) is 2.57. The number of para-hydroxylation sites is 1.